The number of hydrogen-bond acceptors (Lipinski definition) is 34. The van der Waals surface area contributed by atoms with Crippen LogP contribution in [0.25, 0.3) is 55.0 Å². The first-order valence-electron chi connectivity index (χ1n) is 24.7. The maximum absolute atomic E-state index is 15.1. The molecule has 6 heterocycles. The number of benzene rings is 7. The average molecular weight is 1240 g/mol. The second-order valence-corrected chi connectivity index (χ2v) is 19.7. The molecule has 0 radical (unpaired) electrons. The number of phenols is 18. The third-order valence-corrected chi connectivity index (χ3v) is 14.7. The zero-order valence-corrected chi connectivity index (χ0v) is 43.2. The van der Waals surface area contributed by atoms with E-state index in [1.165, 1.54) is 0 Å². The molecule has 0 amide bonds. The number of ether oxygens (including phenoxy) is 6. The molecule has 19 N–H and O–H groups in total. The van der Waals surface area contributed by atoms with Crippen LogP contribution in [0.1, 0.15) is 63.5 Å². The normalized spacial score (nSPS) is 18.1. The molecular weight excluding hydrogens is 1200 g/mol. The summed E-state index contributed by atoms with van der Waals surface area (Å²) >= 11 is 0. The summed E-state index contributed by atoms with van der Waals surface area (Å²) in [4.78, 5) is 101. The van der Waals surface area contributed by atoms with E-state index in [0.29, 0.717) is 18.2 Å². The predicted molar refractivity (Wildman–Crippen MR) is 280 cm³/mol. The van der Waals surface area contributed by atoms with Crippen LogP contribution in [0, 0.1) is 0 Å². The van der Waals surface area contributed by atoms with E-state index in [2.05, 4.69) is 0 Å². The van der Waals surface area contributed by atoms with Crippen LogP contribution in [0.15, 0.2) is 54.8 Å². The van der Waals surface area contributed by atoms with Crippen molar-refractivity contribution in [1.82, 2.24) is 0 Å². The molecule has 34 heteroatoms. The van der Waals surface area contributed by atoms with Crippen LogP contribution in [0.5, 0.6) is 115 Å². The molecule has 4 aliphatic heterocycles. The number of hydrogen-bond donors (Lipinski definition) is 19. The monoisotopic (exact) mass is 1240 g/mol. The van der Waals surface area contributed by atoms with Crippen LogP contribution >= 0.6 is 0 Å². The lowest BCUT2D eigenvalue weighted by Crippen LogP contribution is -2.56. The highest BCUT2D eigenvalue weighted by molar-refractivity contribution is 6.22. The van der Waals surface area contributed by atoms with Crippen molar-refractivity contribution in [3.8, 4) is 137 Å². The second kappa shape index (κ2) is 19.3. The van der Waals surface area contributed by atoms with Gasteiger partial charge in [-0.2, -0.15) is 0 Å². The smallest absolute Gasteiger partial charge is 0.344 e. The number of carbonyl (C=O) groups is 5. The molecule has 89 heavy (non-hydrogen) atoms. The first-order chi connectivity index (χ1) is 41.9. The Morgan fingerprint density at radius 2 is 0.854 bits per heavy atom. The molecule has 0 saturated heterocycles. The van der Waals surface area contributed by atoms with E-state index >= 15 is 9.59 Å². The standard InChI is InChI=1S/C55H32O34/c56-14-1-8-21(35(67)29(14)61)22-9(2-15(57)30(62)36(22)68)50(76)85-44(48-47-40(72)28-27(55(81)88-47)26(38(70)41(73)39(28)71)23-10(51(77)89-48)3-16(58)31(63)37(23)69)20(7-82-49(8)75)84-54(80)13-5-17(59)32(64)42(74)43(13)83-19-6-12-25-24-11(52(78)87-46(25)34(19)66)4-18(60)33(65)45(24)86-53(12)79/h1-6,20,40,44,47-48,56-74H,7H2/t20-,40-,44+,47+,48?/m0/s1. The fourth-order valence-electron chi connectivity index (χ4n) is 10.6. The summed E-state index contributed by atoms with van der Waals surface area (Å²) in [7, 11) is 0. The van der Waals surface area contributed by atoms with Gasteiger partial charge in [0, 0.05) is 50.7 Å². The van der Waals surface area contributed by atoms with Gasteiger partial charge in [-0.25, -0.2) is 33.6 Å². The number of phenolic OH excluding ortho intramolecular Hbond substituents is 18. The fraction of sp³-hybridized carbons (Fsp3) is 0.109. The molecule has 13 rings (SSSR count). The predicted octanol–water partition coefficient (Wildman–Crippen LogP) is 3.05. The lowest BCUT2D eigenvalue weighted by Gasteiger charge is -2.40. The Labute approximate surface area is 484 Å². The quantitative estimate of drug-likeness (QED) is 0.0387. The van der Waals surface area contributed by atoms with Gasteiger partial charge in [0.2, 0.25) is 46.0 Å². The number of cyclic esters (lactones) is 2. The molecule has 2 aromatic heterocycles. The Kier molecular flexibility index (Phi) is 12.2. The molecule has 9 aromatic rings. The number of rotatable bonds is 5. The molecule has 7 aromatic carbocycles. The van der Waals surface area contributed by atoms with Crippen LogP contribution in [-0.2, 0) is 23.7 Å². The summed E-state index contributed by atoms with van der Waals surface area (Å²) in [5.41, 5.74) is -17.1. The topological polar surface area (TPSA) is 586 Å². The number of fused-ring (bicyclic) bond motifs is 6. The Balaban J connectivity index is 1.08. The molecule has 456 valence electrons. The first kappa shape index (κ1) is 56.5. The van der Waals surface area contributed by atoms with Crippen LogP contribution in [0.2, 0.25) is 0 Å². The Hall–Kier alpha value is -13.0. The van der Waals surface area contributed by atoms with E-state index in [-0.39, 0.29) is 12.1 Å². The SMILES string of the molecule is O=C(O[C@H]1COC(=O)c2cc(O)c(O)c(O)c2-c2c(cc(O)c(O)c2O)C(=O)O[C@H]1C1OC(=O)c2cc(O)c(O)c(O)c2-c2c(O)c(O)c(O)c3c2C(=O)O[C@@H]1[C@H]3O)c1cc(O)c(O)c(O)c1Oc1cc2c(=O)oc3c(O)c(O)cc4c(=O)oc(c1O)c2c34. The molecule has 0 spiro atoms. The molecule has 0 saturated carbocycles. The third-order valence-electron chi connectivity index (χ3n) is 14.7. The number of carbonyl (C=O) groups excluding carboxylic acids is 5. The van der Waals surface area contributed by atoms with Crippen molar-refractivity contribution in [2.75, 3.05) is 6.61 Å². The maximum atomic E-state index is 15.1. The molecule has 1 unspecified atom stereocenters. The molecule has 4 aliphatic rings. The first-order valence-corrected chi connectivity index (χ1v) is 24.7. The van der Waals surface area contributed by atoms with Gasteiger partial charge in [-0.1, -0.05) is 0 Å². The summed E-state index contributed by atoms with van der Waals surface area (Å²) in [5, 5.41) is 208. The van der Waals surface area contributed by atoms with Crippen molar-refractivity contribution in [3.05, 3.63) is 90.6 Å². The van der Waals surface area contributed by atoms with Crippen LogP contribution < -0.4 is 16.0 Å². The highest BCUT2D eigenvalue weighted by Gasteiger charge is 2.55. The molecule has 34 nitrogen and oxygen atoms in total. The van der Waals surface area contributed by atoms with Crippen molar-refractivity contribution in [2.45, 2.75) is 30.5 Å². The molecular formula is C55H32O34. The van der Waals surface area contributed by atoms with Gasteiger partial charge in [0.25, 0.3) is 0 Å². The molecule has 4 bridgehead atoms. The lowest BCUT2D eigenvalue weighted by atomic mass is 9.82. The number of esters is 5. The fourth-order valence-corrected chi connectivity index (χ4v) is 10.6. The lowest BCUT2D eigenvalue weighted by molar-refractivity contribution is -0.154. The Morgan fingerprint density at radius 1 is 0.416 bits per heavy atom. The highest BCUT2D eigenvalue weighted by Crippen LogP contribution is 2.59. The minimum atomic E-state index is -3.06. The summed E-state index contributed by atoms with van der Waals surface area (Å²) in [6.07, 6.45) is -14.6. The zero-order valence-electron chi connectivity index (χ0n) is 43.2. The Bertz CT molecular complexity index is 4900. The minimum Gasteiger partial charge on any atom is -0.504 e. The van der Waals surface area contributed by atoms with Gasteiger partial charge in [0.15, 0.2) is 105 Å². The average Bonchev–Trinajstić information content (AvgIpc) is 0.795. The van der Waals surface area contributed by atoms with Crippen LogP contribution in [-0.4, -0.2) is 158 Å². The number of aliphatic hydroxyl groups excluding tert-OH is 1. The van der Waals surface area contributed by atoms with Crippen molar-refractivity contribution < 1.29 is 158 Å². The summed E-state index contributed by atoms with van der Waals surface area (Å²) in [6, 6.07) is 2.46. The molecule has 0 aliphatic carbocycles. The van der Waals surface area contributed by atoms with Crippen LogP contribution in [0.3, 0.4) is 0 Å². The number of aromatic hydroxyl groups is 18. The van der Waals surface area contributed by atoms with Crippen molar-refractivity contribution >= 4 is 62.6 Å². The largest absolute Gasteiger partial charge is 0.504 e. The van der Waals surface area contributed by atoms with E-state index < -0.39 is 282 Å². The van der Waals surface area contributed by atoms with Crippen molar-refractivity contribution in [1.29, 1.82) is 0 Å². The molecule has 0 fully saturated rings. The van der Waals surface area contributed by atoms with Gasteiger partial charge in [-0.15, -0.1) is 0 Å². The van der Waals surface area contributed by atoms with Crippen molar-refractivity contribution in [2.24, 2.45) is 0 Å². The third kappa shape index (κ3) is 7.96. The maximum Gasteiger partial charge on any atom is 0.344 e. The van der Waals surface area contributed by atoms with E-state index in [0.717, 1.165) is 6.07 Å². The highest BCUT2D eigenvalue weighted by atomic mass is 16.6. The summed E-state index contributed by atoms with van der Waals surface area (Å²) < 4.78 is 44.3. The second-order valence-electron chi connectivity index (χ2n) is 19.7. The molecule has 5 atom stereocenters. The zero-order chi connectivity index (χ0) is 64.3. The minimum absolute atomic E-state index is 0.236. The van der Waals surface area contributed by atoms with Gasteiger partial charge in [0.1, 0.15) is 18.3 Å². The number of aliphatic hydroxyl groups is 1. The summed E-state index contributed by atoms with van der Waals surface area (Å²) in [5.74, 6) is -38.8. The summed E-state index contributed by atoms with van der Waals surface area (Å²) in [6.45, 7) is -1.74. The van der Waals surface area contributed by atoms with E-state index in [4.69, 9.17) is 37.3 Å². The Morgan fingerprint density at radius 3 is 1.40 bits per heavy atom. The van der Waals surface area contributed by atoms with Crippen molar-refractivity contribution in [3.63, 3.8) is 0 Å². The van der Waals surface area contributed by atoms with Gasteiger partial charge < -0.3 is 134 Å². The van der Waals surface area contributed by atoms with E-state index in [1.54, 1.807) is 0 Å². The van der Waals surface area contributed by atoms with Crippen LogP contribution in [0.4, 0.5) is 0 Å². The van der Waals surface area contributed by atoms with Gasteiger partial charge in [0.05, 0.1) is 33.0 Å². The van der Waals surface area contributed by atoms with Gasteiger partial charge >= 0.3 is 41.1 Å². The van der Waals surface area contributed by atoms with Gasteiger partial charge in [-0.3, -0.25) is 0 Å². The van der Waals surface area contributed by atoms with E-state index in [9.17, 15) is 121 Å². The van der Waals surface area contributed by atoms with E-state index in [1.807, 2.05) is 0 Å². The van der Waals surface area contributed by atoms with Gasteiger partial charge in [-0.05, 0) is 24.3 Å².